The minimum atomic E-state index is -0.618. The Morgan fingerprint density at radius 3 is 2.88 bits per heavy atom. The van der Waals surface area contributed by atoms with Gasteiger partial charge in [0, 0.05) is 23.3 Å². The number of fused-ring (bicyclic) bond motifs is 1. The van der Waals surface area contributed by atoms with Gasteiger partial charge in [0.15, 0.2) is 6.79 Å². The Balaban J connectivity index is 1.84. The van der Waals surface area contributed by atoms with Crippen LogP contribution in [0.5, 0.6) is 5.75 Å². The highest BCUT2D eigenvalue weighted by atomic mass is 35.5. The fraction of sp³-hybridized carbons (Fsp3) is 0.188. The van der Waals surface area contributed by atoms with E-state index in [1.54, 1.807) is 18.2 Å². The highest BCUT2D eigenvalue weighted by molar-refractivity contribution is 6.33. The maximum Gasteiger partial charge on any atom is 0.339 e. The van der Waals surface area contributed by atoms with E-state index >= 15 is 0 Å². The Labute approximate surface area is 141 Å². The third-order valence-electron chi connectivity index (χ3n) is 3.44. The van der Waals surface area contributed by atoms with E-state index in [2.05, 4.69) is 0 Å². The minimum Gasteiger partial charge on any atom is -0.467 e. The lowest BCUT2D eigenvalue weighted by Crippen LogP contribution is -2.15. The molecule has 0 aromatic heterocycles. The fourth-order valence-corrected chi connectivity index (χ4v) is 2.55. The van der Waals surface area contributed by atoms with Gasteiger partial charge in [-0.05, 0) is 12.1 Å². The first kappa shape index (κ1) is 16.2. The van der Waals surface area contributed by atoms with Crippen LogP contribution in [0, 0.1) is 10.1 Å². The summed E-state index contributed by atoms with van der Waals surface area (Å²) in [6, 6.07) is 9.19. The first-order valence-electron chi connectivity index (χ1n) is 6.98. The van der Waals surface area contributed by atoms with Crippen LogP contribution in [0.4, 0.5) is 5.69 Å². The molecular formula is C16H12ClNO6. The van der Waals surface area contributed by atoms with Crippen LogP contribution in [-0.4, -0.2) is 17.7 Å². The molecule has 2 aromatic carbocycles. The van der Waals surface area contributed by atoms with Gasteiger partial charge in [0.25, 0.3) is 5.69 Å². The van der Waals surface area contributed by atoms with Gasteiger partial charge in [0.2, 0.25) is 0 Å². The molecule has 1 heterocycles. The Hall–Kier alpha value is -2.64. The number of nitro benzene ring substituents is 1. The lowest BCUT2D eigenvalue weighted by molar-refractivity contribution is -0.385. The van der Waals surface area contributed by atoms with E-state index in [1.165, 1.54) is 18.2 Å². The Kier molecular flexibility index (Phi) is 4.64. The molecule has 24 heavy (non-hydrogen) atoms. The Morgan fingerprint density at radius 2 is 2.12 bits per heavy atom. The SMILES string of the molecule is O=C(OCc1cc([N+](=O)[O-])cc2c1OCOC2)c1ccccc1Cl. The Morgan fingerprint density at radius 1 is 1.33 bits per heavy atom. The summed E-state index contributed by atoms with van der Waals surface area (Å²) in [5.41, 5.74) is 1.05. The maximum absolute atomic E-state index is 12.1. The molecule has 0 spiro atoms. The molecule has 7 nitrogen and oxygen atoms in total. The van der Waals surface area contributed by atoms with Crippen LogP contribution in [-0.2, 0) is 22.7 Å². The number of esters is 1. The molecule has 0 amide bonds. The molecule has 3 rings (SSSR count). The van der Waals surface area contributed by atoms with E-state index in [1.807, 2.05) is 0 Å². The summed E-state index contributed by atoms with van der Waals surface area (Å²) >= 11 is 5.95. The summed E-state index contributed by atoms with van der Waals surface area (Å²) in [5.74, 6) is -0.174. The van der Waals surface area contributed by atoms with Crippen molar-refractivity contribution < 1.29 is 23.9 Å². The normalized spacial score (nSPS) is 12.9. The largest absolute Gasteiger partial charge is 0.467 e. The van der Waals surface area contributed by atoms with Gasteiger partial charge in [-0.15, -0.1) is 0 Å². The van der Waals surface area contributed by atoms with Crippen LogP contribution < -0.4 is 4.74 Å². The second-order valence-corrected chi connectivity index (χ2v) is 5.42. The summed E-state index contributed by atoms with van der Waals surface area (Å²) in [6.45, 7) is 0.0623. The molecule has 0 bridgehead atoms. The number of ether oxygens (including phenoxy) is 3. The van der Waals surface area contributed by atoms with Crippen molar-refractivity contribution in [2.45, 2.75) is 13.2 Å². The molecule has 0 N–H and O–H groups in total. The van der Waals surface area contributed by atoms with Gasteiger partial charge >= 0.3 is 5.97 Å². The first-order chi connectivity index (χ1) is 11.6. The third-order valence-corrected chi connectivity index (χ3v) is 3.76. The van der Waals surface area contributed by atoms with Crippen LogP contribution in [0.1, 0.15) is 21.5 Å². The molecule has 8 heteroatoms. The number of carbonyl (C=O) groups is 1. The van der Waals surface area contributed by atoms with Crippen LogP contribution in [0.2, 0.25) is 5.02 Å². The van der Waals surface area contributed by atoms with Crippen molar-refractivity contribution in [1.29, 1.82) is 0 Å². The predicted octanol–water partition coefficient (Wildman–Crippen LogP) is 3.47. The number of hydrogen-bond acceptors (Lipinski definition) is 6. The van der Waals surface area contributed by atoms with Crippen LogP contribution >= 0.6 is 11.6 Å². The van der Waals surface area contributed by atoms with E-state index < -0.39 is 10.9 Å². The molecule has 2 aromatic rings. The molecule has 0 radical (unpaired) electrons. The number of nitro groups is 1. The summed E-state index contributed by atoms with van der Waals surface area (Å²) in [6.07, 6.45) is 0. The van der Waals surface area contributed by atoms with Gasteiger partial charge in [0.05, 0.1) is 22.1 Å². The molecule has 0 fully saturated rings. The number of carbonyl (C=O) groups excluding carboxylic acids is 1. The highest BCUT2D eigenvalue weighted by Crippen LogP contribution is 2.33. The summed E-state index contributed by atoms with van der Waals surface area (Å²) in [5, 5.41) is 11.3. The minimum absolute atomic E-state index is 0.0380. The number of hydrogen-bond donors (Lipinski definition) is 0. The van der Waals surface area contributed by atoms with Crippen LogP contribution in [0.3, 0.4) is 0 Å². The Bertz CT molecular complexity index is 807. The molecule has 0 aliphatic carbocycles. The number of non-ortho nitro benzene ring substituents is 1. The van der Waals surface area contributed by atoms with Gasteiger partial charge in [-0.1, -0.05) is 23.7 Å². The highest BCUT2D eigenvalue weighted by Gasteiger charge is 2.22. The molecule has 1 aliphatic rings. The number of benzene rings is 2. The zero-order valence-corrected chi connectivity index (χ0v) is 13.1. The van der Waals surface area contributed by atoms with Gasteiger partial charge in [-0.3, -0.25) is 10.1 Å². The maximum atomic E-state index is 12.1. The summed E-state index contributed by atoms with van der Waals surface area (Å²) < 4.78 is 15.7. The molecular weight excluding hydrogens is 338 g/mol. The number of halogens is 1. The molecule has 1 aliphatic heterocycles. The van der Waals surface area contributed by atoms with E-state index in [0.717, 1.165) is 0 Å². The molecule has 0 atom stereocenters. The smallest absolute Gasteiger partial charge is 0.339 e. The second-order valence-electron chi connectivity index (χ2n) is 5.02. The standard InChI is InChI=1S/C16H12ClNO6/c17-14-4-2-1-3-13(14)16(19)23-8-11-6-12(18(20)21)5-10-7-22-9-24-15(10)11/h1-6H,7-9H2. The van der Waals surface area contributed by atoms with Crippen molar-refractivity contribution in [3.8, 4) is 5.75 Å². The molecule has 124 valence electrons. The number of nitrogens with zero attached hydrogens (tertiary/aromatic N) is 1. The van der Waals surface area contributed by atoms with E-state index in [4.69, 9.17) is 25.8 Å². The van der Waals surface area contributed by atoms with Gasteiger partial charge < -0.3 is 14.2 Å². The van der Waals surface area contributed by atoms with Crippen molar-refractivity contribution in [2.24, 2.45) is 0 Å². The average Bonchev–Trinajstić information content (AvgIpc) is 2.59. The number of rotatable bonds is 4. The quantitative estimate of drug-likeness (QED) is 0.477. The van der Waals surface area contributed by atoms with E-state index in [9.17, 15) is 14.9 Å². The topological polar surface area (TPSA) is 87.9 Å². The monoisotopic (exact) mass is 349 g/mol. The van der Waals surface area contributed by atoms with Crippen molar-refractivity contribution in [3.05, 3.63) is 68.2 Å². The molecule has 0 saturated carbocycles. The lowest BCUT2D eigenvalue weighted by Gasteiger charge is -2.20. The van der Waals surface area contributed by atoms with Crippen molar-refractivity contribution >= 4 is 23.3 Å². The van der Waals surface area contributed by atoms with E-state index in [0.29, 0.717) is 16.9 Å². The van der Waals surface area contributed by atoms with Crippen LogP contribution in [0.25, 0.3) is 0 Å². The zero-order chi connectivity index (χ0) is 17.1. The van der Waals surface area contributed by atoms with Crippen LogP contribution in [0.15, 0.2) is 36.4 Å². The summed E-state index contributed by atoms with van der Waals surface area (Å²) in [4.78, 5) is 22.6. The van der Waals surface area contributed by atoms with E-state index in [-0.39, 0.29) is 36.3 Å². The third kappa shape index (κ3) is 3.32. The van der Waals surface area contributed by atoms with Gasteiger partial charge in [0.1, 0.15) is 12.4 Å². The molecule has 0 saturated heterocycles. The van der Waals surface area contributed by atoms with Gasteiger partial charge in [-0.2, -0.15) is 0 Å². The molecule has 0 unspecified atom stereocenters. The van der Waals surface area contributed by atoms with Crippen molar-refractivity contribution in [3.63, 3.8) is 0 Å². The first-order valence-corrected chi connectivity index (χ1v) is 7.36. The van der Waals surface area contributed by atoms with Gasteiger partial charge in [-0.25, -0.2) is 4.79 Å². The predicted molar refractivity (Wildman–Crippen MR) is 84.0 cm³/mol. The lowest BCUT2D eigenvalue weighted by atomic mass is 10.1. The fourth-order valence-electron chi connectivity index (χ4n) is 2.34. The van der Waals surface area contributed by atoms with Crippen molar-refractivity contribution in [1.82, 2.24) is 0 Å². The second kappa shape index (κ2) is 6.86. The van der Waals surface area contributed by atoms with Crippen molar-refractivity contribution in [2.75, 3.05) is 6.79 Å². The average molecular weight is 350 g/mol. The zero-order valence-electron chi connectivity index (χ0n) is 12.4. The summed E-state index contributed by atoms with van der Waals surface area (Å²) in [7, 11) is 0.